The van der Waals surface area contributed by atoms with Crippen LogP contribution in [0.1, 0.15) is 26.5 Å². The molecule has 2 aromatic carbocycles. The van der Waals surface area contributed by atoms with Crippen LogP contribution in [0.15, 0.2) is 65.3 Å². The number of amides is 2. The van der Waals surface area contributed by atoms with E-state index in [2.05, 4.69) is 20.8 Å². The van der Waals surface area contributed by atoms with E-state index >= 15 is 0 Å². The van der Waals surface area contributed by atoms with E-state index in [0.717, 1.165) is 10.8 Å². The van der Waals surface area contributed by atoms with Crippen molar-refractivity contribution in [2.24, 2.45) is 0 Å². The van der Waals surface area contributed by atoms with Crippen LogP contribution in [-0.4, -0.2) is 16.2 Å². The van der Waals surface area contributed by atoms with E-state index in [1.165, 1.54) is 18.2 Å². The lowest BCUT2D eigenvalue weighted by atomic mass is 9.93. The largest absolute Gasteiger partial charge is 0.435 e. The van der Waals surface area contributed by atoms with E-state index in [1.54, 1.807) is 12.3 Å². The summed E-state index contributed by atoms with van der Waals surface area (Å²) in [6, 6.07) is 14.6. The van der Waals surface area contributed by atoms with Crippen LogP contribution < -0.4 is 15.4 Å². The average molecular weight is 420 g/mol. The number of hydrogen-bond acceptors (Lipinski definition) is 5. The molecular formula is C23H21FN4O3. The molecule has 2 aromatic heterocycles. The summed E-state index contributed by atoms with van der Waals surface area (Å²) in [6.45, 7) is 5.91. The third-order valence-electron chi connectivity index (χ3n) is 4.52. The molecular weight excluding hydrogens is 399 g/mol. The minimum absolute atomic E-state index is 0.00105. The standard InChI is InChI=1S/C23H21FN4O3/c1-23(2,3)19-13-20(28-31-19)27-22(29)26-15-8-9-18(17(24)12-15)30-21-16-7-5-4-6-14(16)10-11-25-21/h4-13H,1-3H3,(H2,26,27,28,29). The number of aromatic nitrogens is 2. The summed E-state index contributed by atoms with van der Waals surface area (Å²) in [5.74, 6) is 0.573. The number of halogens is 1. The highest BCUT2D eigenvalue weighted by molar-refractivity contribution is 5.99. The zero-order valence-electron chi connectivity index (χ0n) is 17.3. The van der Waals surface area contributed by atoms with Crippen LogP contribution in [0.2, 0.25) is 0 Å². The molecule has 0 bridgehead atoms. The lowest BCUT2D eigenvalue weighted by molar-refractivity contribution is 0.262. The Balaban J connectivity index is 1.45. The fourth-order valence-electron chi connectivity index (χ4n) is 2.90. The smallest absolute Gasteiger partial charge is 0.324 e. The minimum atomic E-state index is -0.635. The quantitative estimate of drug-likeness (QED) is 0.417. The molecule has 31 heavy (non-hydrogen) atoms. The van der Waals surface area contributed by atoms with Crippen molar-refractivity contribution >= 4 is 28.3 Å². The normalized spacial score (nSPS) is 11.4. The zero-order valence-corrected chi connectivity index (χ0v) is 17.3. The summed E-state index contributed by atoms with van der Waals surface area (Å²) >= 11 is 0. The predicted octanol–water partition coefficient (Wildman–Crippen LogP) is 6.10. The molecule has 2 heterocycles. The number of ether oxygens (including phenoxy) is 1. The number of fused-ring (bicyclic) bond motifs is 1. The van der Waals surface area contributed by atoms with Crippen molar-refractivity contribution in [2.75, 3.05) is 10.6 Å². The zero-order chi connectivity index (χ0) is 22.0. The van der Waals surface area contributed by atoms with Gasteiger partial charge in [0, 0.05) is 34.8 Å². The number of anilines is 2. The Kier molecular flexibility index (Phi) is 5.29. The fourth-order valence-corrected chi connectivity index (χ4v) is 2.90. The number of urea groups is 1. The third kappa shape index (κ3) is 4.63. The summed E-state index contributed by atoms with van der Waals surface area (Å²) in [5.41, 5.74) is 0.0224. The Morgan fingerprint density at radius 2 is 1.87 bits per heavy atom. The first kappa shape index (κ1) is 20.3. The first-order chi connectivity index (χ1) is 14.8. The molecule has 0 saturated carbocycles. The van der Waals surface area contributed by atoms with Gasteiger partial charge in [0.15, 0.2) is 17.4 Å². The van der Waals surface area contributed by atoms with E-state index in [9.17, 15) is 9.18 Å². The van der Waals surface area contributed by atoms with Crippen molar-refractivity contribution in [2.45, 2.75) is 26.2 Å². The second kappa shape index (κ2) is 8.06. The molecule has 2 amide bonds. The van der Waals surface area contributed by atoms with Gasteiger partial charge in [-0.1, -0.05) is 44.1 Å². The van der Waals surface area contributed by atoms with E-state index in [1.807, 2.05) is 51.1 Å². The molecule has 8 heteroatoms. The van der Waals surface area contributed by atoms with Crippen LogP contribution in [0.25, 0.3) is 10.8 Å². The van der Waals surface area contributed by atoms with Crippen LogP contribution in [0.4, 0.5) is 20.7 Å². The summed E-state index contributed by atoms with van der Waals surface area (Å²) in [7, 11) is 0. The summed E-state index contributed by atoms with van der Waals surface area (Å²) < 4.78 is 25.5. The fraction of sp³-hybridized carbons (Fsp3) is 0.174. The molecule has 158 valence electrons. The highest BCUT2D eigenvalue weighted by Crippen LogP contribution is 2.30. The van der Waals surface area contributed by atoms with Crippen molar-refractivity contribution in [1.29, 1.82) is 0 Å². The summed E-state index contributed by atoms with van der Waals surface area (Å²) in [6.07, 6.45) is 1.60. The Morgan fingerprint density at radius 1 is 1.06 bits per heavy atom. The molecule has 0 aliphatic heterocycles. The molecule has 0 aliphatic carbocycles. The molecule has 0 aliphatic rings. The summed E-state index contributed by atoms with van der Waals surface area (Å²) in [4.78, 5) is 16.4. The Hall–Kier alpha value is -3.94. The van der Waals surface area contributed by atoms with Crippen LogP contribution in [0.5, 0.6) is 11.6 Å². The van der Waals surface area contributed by atoms with Crippen LogP contribution in [-0.2, 0) is 5.41 Å². The first-order valence-electron chi connectivity index (χ1n) is 9.66. The summed E-state index contributed by atoms with van der Waals surface area (Å²) in [5, 5.41) is 10.6. The predicted molar refractivity (Wildman–Crippen MR) is 116 cm³/mol. The molecule has 4 rings (SSSR count). The van der Waals surface area contributed by atoms with Gasteiger partial charge >= 0.3 is 6.03 Å². The molecule has 0 unspecified atom stereocenters. The van der Waals surface area contributed by atoms with Crippen molar-refractivity contribution in [3.8, 4) is 11.6 Å². The van der Waals surface area contributed by atoms with E-state index in [-0.39, 0.29) is 22.7 Å². The maximum atomic E-state index is 14.6. The minimum Gasteiger partial charge on any atom is -0.435 e. The Labute approximate surface area is 178 Å². The van der Waals surface area contributed by atoms with Gasteiger partial charge in [-0.15, -0.1) is 0 Å². The van der Waals surface area contributed by atoms with Gasteiger partial charge in [0.25, 0.3) is 0 Å². The Morgan fingerprint density at radius 3 is 2.61 bits per heavy atom. The van der Waals surface area contributed by atoms with E-state index in [0.29, 0.717) is 11.6 Å². The van der Waals surface area contributed by atoms with Gasteiger partial charge < -0.3 is 14.6 Å². The van der Waals surface area contributed by atoms with E-state index < -0.39 is 11.8 Å². The average Bonchev–Trinajstić information content (AvgIpc) is 3.19. The van der Waals surface area contributed by atoms with Crippen molar-refractivity contribution in [1.82, 2.24) is 10.1 Å². The molecule has 0 atom stereocenters. The van der Waals surface area contributed by atoms with Crippen molar-refractivity contribution in [3.63, 3.8) is 0 Å². The highest BCUT2D eigenvalue weighted by atomic mass is 19.1. The Bertz CT molecular complexity index is 1240. The van der Waals surface area contributed by atoms with Crippen LogP contribution in [0, 0.1) is 5.82 Å². The maximum Gasteiger partial charge on any atom is 0.324 e. The second-order valence-corrected chi connectivity index (χ2v) is 7.99. The topological polar surface area (TPSA) is 89.3 Å². The number of hydrogen-bond donors (Lipinski definition) is 2. The second-order valence-electron chi connectivity index (χ2n) is 7.99. The number of carbonyl (C=O) groups excluding carboxylic acids is 1. The third-order valence-corrected chi connectivity index (χ3v) is 4.52. The van der Waals surface area contributed by atoms with Crippen LogP contribution >= 0.6 is 0 Å². The number of carbonyl (C=O) groups is 1. The highest BCUT2D eigenvalue weighted by Gasteiger charge is 2.20. The SMILES string of the molecule is CC(C)(C)c1cc(NC(=O)Nc2ccc(Oc3nccc4ccccc34)c(F)c2)no1. The number of nitrogens with one attached hydrogen (secondary N) is 2. The monoisotopic (exact) mass is 420 g/mol. The van der Waals surface area contributed by atoms with Gasteiger partial charge in [0.2, 0.25) is 5.88 Å². The van der Waals surface area contributed by atoms with Crippen LogP contribution in [0.3, 0.4) is 0 Å². The van der Waals surface area contributed by atoms with Gasteiger partial charge in [-0.3, -0.25) is 5.32 Å². The van der Waals surface area contributed by atoms with Gasteiger partial charge in [0.05, 0.1) is 0 Å². The number of nitrogens with zero attached hydrogens (tertiary/aromatic N) is 2. The number of pyridine rings is 1. The number of benzene rings is 2. The van der Waals surface area contributed by atoms with Gasteiger partial charge in [-0.25, -0.2) is 14.2 Å². The molecule has 0 saturated heterocycles. The molecule has 0 fully saturated rings. The molecule has 4 aromatic rings. The van der Waals surface area contributed by atoms with Gasteiger partial charge in [-0.05, 0) is 29.7 Å². The van der Waals surface area contributed by atoms with E-state index in [4.69, 9.17) is 9.26 Å². The molecule has 0 spiro atoms. The lowest BCUT2D eigenvalue weighted by Crippen LogP contribution is -2.19. The molecule has 2 N–H and O–H groups in total. The van der Waals surface area contributed by atoms with Gasteiger partial charge in [0.1, 0.15) is 5.76 Å². The molecule has 7 nitrogen and oxygen atoms in total. The first-order valence-corrected chi connectivity index (χ1v) is 9.66. The van der Waals surface area contributed by atoms with Crippen molar-refractivity contribution in [3.05, 3.63) is 72.4 Å². The molecule has 0 radical (unpaired) electrons. The lowest BCUT2D eigenvalue weighted by Gasteiger charge is -2.12. The maximum absolute atomic E-state index is 14.6. The van der Waals surface area contributed by atoms with Gasteiger partial charge in [-0.2, -0.15) is 0 Å². The number of rotatable bonds is 4. The van der Waals surface area contributed by atoms with Crippen molar-refractivity contribution < 1.29 is 18.4 Å².